The van der Waals surface area contributed by atoms with Crippen molar-refractivity contribution in [2.45, 2.75) is 44.6 Å². The second kappa shape index (κ2) is 7.29. The minimum absolute atomic E-state index is 0.175. The van der Waals surface area contributed by atoms with Crippen molar-refractivity contribution in [3.8, 4) is 0 Å². The molecule has 0 aromatic heterocycles. The van der Waals surface area contributed by atoms with Crippen LogP contribution in [0.25, 0.3) is 0 Å². The van der Waals surface area contributed by atoms with Crippen LogP contribution in [0.2, 0.25) is 0 Å². The Hall–Kier alpha value is -1.35. The predicted octanol–water partition coefficient (Wildman–Crippen LogP) is 2.44. The molecule has 3 nitrogen and oxygen atoms in total. The van der Waals surface area contributed by atoms with Gasteiger partial charge in [-0.25, -0.2) is 0 Å². The maximum absolute atomic E-state index is 11.9. The lowest BCUT2D eigenvalue weighted by atomic mass is 9.96. The molecule has 1 fully saturated rings. The summed E-state index contributed by atoms with van der Waals surface area (Å²) in [4.78, 5) is 11.9. The summed E-state index contributed by atoms with van der Waals surface area (Å²) in [5.41, 5.74) is 1.31. The number of benzene rings is 1. The molecule has 0 bridgehead atoms. The summed E-state index contributed by atoms with van der Waals surface area (Å²) in [6, 6.07) is 10.8. The topological polar surface area (TPSA) is 41.1 Å². The molecule has 2 N–H and O–H groups in total. The third-order valence-electron chi connectivity index (χ3n) is 3.90. The van der Waals surface area contributed by atoms with Crippen molar-refractivity contribution >= 4 is 5.91 Å². The number of nitrogens with one attached hydrogen (secondary N) is 2. The Bertz CT molecular complexity index is 385. The molecule has 3 heteroatoms. The summed E-state index contributed by atoms with van der Waals surface area (Å²) in [5.74, 6) is 0.593. The van der Waals surface area contributed by atoms with Gasteiger partial charge in [0.1, 0.15) is 0 Å². The van der Waals surface area contributed by atoms with Crippen LogP contribution < -0.4 is 10.6 Å². The third-order valence-corrected chi connectivity index (χ3v) is 3.90. The fourth-order valence-electron chi connectivity index (χ4n) is 2.69. The van der Waals surface area contributed by atoms with Gasteiger partial charge in [0.2, 0.25) is 5.91 Å². The van der Waals surface area contributed by atoms with Crippen molar-refractivity contribution in [2.24, 2.45) is 0 Å². The maximum Gasteiger partial charge on any atom is 0.221 e. The maximum atomic E-state index is 11.9. The van der Waals surface area contributed by atoms with Crippen molar-refractivity contribution in [2.75, 3.05) is 13.1 Å². The highest BCUT2D eigenvalue weighted by Crippen LogP contribution is 2.18. The molecule has 1 aromatic rings. The molecular weight excluding hydrogens is 236 g/mol. The molecule has 1 aliphatic heterocycles. The first kappa shape index (κ1) is 14.1. The summed E-state index contributed by atoms with van der Waals surface area (Å²) < 4.78 is 0. The molecule has 0 spiro atoms. The molecule has 1 aliphatic rings. The van der Waals surface area contributed by atoms with E-state index in [4.69, 9.17) is 0 Å². The van der Waals surface area contributed by atoms with Gasteiger partial charge in [0.05, 0.1) is 0 Å². The molecule has 1 saturated heterocycles. The molecule has 0 radical (unpaired) electrons. The van der Waals surface area contributed by atoms with E-state index in [9.17, 15) is 4.79 Å². The first-order valence-electron chi connectivity index (χ1n) is 7.34. The number of hydrogen-bond donors (Lipinski definition) is 2. The zero-order valence-corrected chi connectivity index (χ0v) is 11.7. The molecular formula is C16H24N2O. The lowest BCUT2D eigenvalue weighted by Crippen LogP contribution is -2.34. The molecule has 1 amide bonds. The van der Waals surface area contributed by atoms with Crippen molar-refractivity contribution in [1.29, 1.82) is 0 Å². The normalized spacial score (nSPS) is 20.2. The van der Waals surface area contributed by atoms with Gasteiger partial charge in [-0.05, 0) is 31.4 Å². The van der Waals surface area contributed by atoms with Crippen LogP contribution in [0.3, 0.4) is 0 Å². The van der Waals surface area contributed by atoms with Crippen molar-refractivity contribution in [3.05, 3.63) is 35.9 Å². The Morgan fingerprint density at radius 2 is 2.21 bits per heavy atom. The van der Waals surface area contributed by atoms with Gasteiger partial charge < -0.3 is 10.6 Å². The van der Waals surface area contributed by atoms with E-state index in [-0.39, 0.29) is 5.91 Å². The summed E-state index contributed by atoms with van der Waals surface area (Å²) in [5, 5.41) is 6.44. The van der Waals surface area contributed by atoms with E-state index in [0.717, 1.165) is 25.9 Å². The quantitative estimate of drug-likeness (QED) is 0.825. The number of carbonyl (C=O) groups is 1. The Morgan fingerprint density at radius 1 is 1.42 bits per heavy atom. The number of hydrogen-bond acceptors (Lipinski definition) is 2. The number of rotatable bonds is 6. The largest absolute Gasteiger partial charge is 0.355 e. The summed E-state index contributed by atoms with van der Waals surface area (Å²) in [6.07, 6.45) is 3.99. The Labute approximate surface area is 115 Å². The first-order chi connectivity index (χ1) is 9.29. The van der Waals surface area contributed by atoms with E-state index in [2.05, 4.69) is 41.8 Å². The van der Waals surface area contributed by atoms with Crippen LogP contribution in [0.1, 0.15) is 44.1 Å². The first-order valence-corrected chi connectivity index (χ1v) is 7.34. The molecule has 104 valence electrons. The number of carbonyl (C=O) groups excluding carboxylic acids is 1. The molecule has 1 aromatic carbocycles. The summed E-state index contributed by atoms with van der Waals surface area (Å²) in [6.45, 7) is 3.97. The molecule has 0 aliphatic carbocycles. The van der Waals surface area contributed by atoms with E-state index >= 15 is 0 Å². The lowest BCUT2D eigenvalue weighted by molar-refractivity contribution is -0.121. The third kappa shape index (κ3) is 4.35. The van der Waals surface area contributed by atoms with Crippen molar-refractivity contribution in [1.82, 2.24) is 10.6 Å². The van der Waals surface area contributed by atoms with Gasteiger partial charge in [0.15, 0.2) is 0 Å². The van der Waals surface area contributed by atoms with E-state index < -0.39 is 0 Å². The average Bonchev–Trinajstić information content (AvgIpc) is 2.93. The van der Waals surface area contributed by atoms with Gasteiger partial charge in [0, 0.05) is 24.9 Å². The smallest absolute Gasteiger partial charge is 0.221 e. The second-order valence-corrected chi connectivity index (χ2v) is 5.32. The van der Waals surface area contributed by atoms with Crippen LogP contribution in [-0.4, -0.2) is 25.0 Å². The fraction of sp³-hybridized carbons (Fsp3) is 0.562. The highest BCUT2D eigenvalue weighted by molar-refractivity contribution is 5.76. The number of amides is 1. The average molecular weight is 260 g/mol. The predicted molar refractivity (Wildman–Crippen MR) is 78.1 cm³/mol. The minimum atomic E-state index is 0.175. The van der Waals surface area contributed by atoms with Gasteiger partial charge in [-0.2, -0.15) is 0 Å². The van der Waals surface area contributed by atoms with Crippen LogP contribution in [0.15, 0.2) is 30.3 Å². The minimum Gasteiger partial charge on any atom is -0.355 e. The zero-order chi connectivity index (χ0) is 13.5. The van der Waals surface area contributed by atoms with E-state index in [1.54, 1.807) is 0 Å². The van der Waals surface area contributed by atoms with Crippen LogP contribution in [0.4, 0.5) is 0 Å². The van der Waals surface area contributed by atoms with Gasteiger partial charge in [-0.1, -0.05) is 37.3 Å². The molecule has 2 rings (SSSR count). The molecule has 1 heterocycles. The van der Waals surface area contributed by atoms with Gasteiger partial charge in [0.25, 0.3) is 0 Å². The molecule has 19 heavy (non-hydrogen) atoms. The van der Waals surface area contributed by atoms with Crippen LogP contribution in [0, 0.1) is 0 Å². The van der Waals surface area contributed by atoms with Gasteiger partial charge in [-0.3, -0.25) is 4.79 Å². The zero-order valence-electron chi connectivity index (χ0n) is 11.7. The summed E-state index contributed by atoms with van der Waals surface area (Å²) in [7, 11) is 0. The van der Waals surface area contributed by atoms with E-state index in [0.29, 0.717) is 18.4 Å². The molecule has 0 saturated carbocycles. The van der Waals surface area contributed by atoms with Crippen LogP contribution >= 0.6 is 0 Å². The second-order valence-electron chi connectivity index (χ2n) is 5.32. The Morgan fingerprint density at radius 3 is 2.84 bits per heavy atom. The van der Waals surface area contributed by atoms with Crippen LogP contribution in [-0.2, 0) is 4.79 Å². The van der Waals surface area contributed by atoms with E-state index in [1.807, 2.05) is 6.07 Å². The summed E-state index contributed by atoms with van der Waals surface area (Å²) >= 11 is 0. The monoisotopic (exact) mass is 260 g/mol. The highest BCUT2D eigenvalue weighted by atomic mass is 16.1. The molecule has 2 unspecified atom stereocenters. The Kier molecular flexibility index (Phi) is 5.40. The van der Waals surface area contributed by atoms with Crippen molar-refractivity contribution < 1.29 is 4.79 Å². The van der Waals surface area contributed by atoms with Crippen LogP contribution in [0.5, 0.6) is 0 Å². The highest BCUT2D eigenvalue weighted by Gasteiger charge is 2.18. The SMILES string of the molecule is CCC(CNC(=O)CC1CCCN1)c1ccccc1. The lowest BCUT2D eigenvalue weighted by Gasteiger charge is -2.17. The molecule has 2 atom stereocenters. The Balaban J connectivity index is 1.78. The van der Waals surface area contributed by atoms with Gasteiger partial charge in [-0.15, -0.1) is 0 Å². The standard InChI is InChI=1S/C16H24N2O/c1-2-13(14-7-4-3-5-8-14)12-18-16(19)11-15-9-6-10-17-15/h3-5,7-8,13,15,17H,2,6,9-12H2,1H3,(H,18,19). The fourth-order valence-corrected chi connectivity index (χ4v) is 2.69. The van der Waals surface area contributed by atoms with Gasteiger partial charge >= 0.3 is 0 Å². The van der Waals surface area contributed by atoms with Crippen molar-refractivity contribution in [3.63, 3.8) is 0 Å². The van der Waals surface area contributed by atoms with E-state index in [1.165, 1.54) is 12.0 Å².